The zero-order valence-corrected chi connectivity index (χ0v) is 21.5. The Bertz CT molecular complexity index is 1240. The van der Waals surface area contributed by atoms with E-state index in [-0.39, 0.29) is 6.03 Å². The molecule has 0 saturated carbocycles. The van der Waals surface area contributed by atoms with Gasteiger partial charge < -0.3 is 15.1 Å². The van der Waals surface area contributed by atoms with Crippen LogP contribution in [0.4, 0.5) is 21.9 Å². The lowest BCUT2D eigenvalue weighted by atomic mass is 10.0. The first-order valence-electron chi connectivity index (χ1n) is 11.8. The largest absolute Gasteiger partial charge is 0.368 e. The van der Waals surface area contributed by atoms with Gasteiger partial charge in [0, 0.05) is 54.1 Å². The van der Waals surface area contributed by atoms with Gasteiger partial charge in [0.05, 0.1) is 17.1 Å². The molecule has 1 aromatic heterocycles. The van der Waals surface area contributed by atoms with Crippen molar-refractivity contribution < 1.29 is 4.79 Å². The minimum atomic E-state index is -0.0915. The summed E-state index contributed by atoms with van der Waals surface area (Å²) >= 11 is 3.77. The molecule has 0 radical (unpaired) electrons. The summed E-state index contributed by atoms with van der Waals surface area (Å²) in [6.07, 6.45) is 0.862. The number of likely N-dealkylation sites (N-methyl/N-ethyl adjacent to an activating group) is 1. The minimum Gasteiger partial charge on any atom is -0.368 e. The molecule has 1 fully saturated rings. The molecule has 2 aliphatic rings. The summed E-state index contributed by atoms with van der Waals surface area (Å²) in [6.45, 7) is 8.80. The maximum absolute atomic E-state index is 13.3. The summed E-state index contributed by atoms with van der Waals surface area (Å²) in [5, 5.41) is 3.11. The molecule has 7 heteroatoms. The third kappa shape index (κ3) is 4.55. The molecule has 2 aromatic carbocycles. The van der Waals surface area contributed by atoms with Crippen LogP contribution in [0.25, 0.3) is 11.3 Å². The van der Waals surface area contributed by atoms with Crippen molar-refractivity contribution in [2.24, 2.45) is 0 Å². The van der Waals surface area contributed by atoms with E-state index in [1.165, 1.54) is 5.56 Å². The Hall–Kier alpha value is -2.90. The molecule has 5 rings (SSSR count). The summed E-state index contributed by atoms with van der Waals surface area (Å²) in [4.78, 5) is 24.5. The van der Waals surface area contributed by atoms with Gasteiger partial charge in [0.25, 0.3) is 0 Å². The maximum atomic E-state index is 13.3. The highest BCUT2D eigenvalue weighted by atomic mass is 79.9. The number of fused-ring (bicyclic) bond motifs is 1. The number of piperazine rings is 1. The van der Waals surface area contributed by atoms with Gasteiger partial charge in [0.2, 0.25) is 0 Å². The van der Waals surface area contributed by atoms with Crippen LogP contribution in [0, 0.1) is 13.8 Å². The molecule has 1 saturated heterocycles. The Morgan fingerprint density at radius 3 is 2.50 bits per heavy atom. The van der Waals surface area contributed by atoms with E-state index in [4.69, 9.17) is 0 Å². The van der Waals surface area contributed by atoms with Gasteiger partial charge in [0.15, 0.2) is 0 Å². The number of benzene rings is 2. The van der Waals surface area contributed by atoms with Crippen LogP contribution in [0.15, 0.2) is 53.0 Å². The van der Waals surface area contributed by atoms with Gasteiger partial charge in [-0.05, 0) is 90.8 Å². The van der Waals surface area contributed by atoms with Crippen molar-refractivity contribution in [1.82, 2.24) is 9.88 Å². The quantitative estimate of drug-likeness (QED) is 0.498. The fraction of sp³-hybridized carbons (Fsp3) is 0.333. The minimum absolute atomic E-state index is 0.0915. The average molecular weight is 520 g/mol. The number of nitrogens with one attached hydrogen (secondary N) is 1. The van der Waals surface area contributed by atoms with Crippen molar-refractivity contribution in [3.05, 3.63) is 69.8 Å². The third-order valence-corrected chi connectivity index (χ3v) is 7.41. The fourth-order valence-corrected chi connectivity index (χ4v) is 5.45. The van der Waals surface area contributed by atoms with Gasteiger partial charge >= 0.3 is 6.03 Å². The Labute approximate surface area is 209 Å². The number of hydrogen-bond acceptors (Lipinski definition) is 4. The molecule has 3 aromatic rings. The van der Waals surface area contributed by atoms with Crippen molar-refractivity contribution in [2.75, 3.05) is 54.9 Å². The number of rotatable bonds is 3. The first-order valence-corrected chi connectivity index (χ1v) is 12.6. The van der Waals surface area contributed by atoms with E-state index in [0.717, 1.165) is 76.6 Å². The van der Waals surface area contributed by atoms with Crippen LogP contribution in [-0.2, 0) is 6.42 Å². The third-order valence-electron chi connectivity index (χ3n) is 6.77. The van der Waals surface area contributed by atoms with Crippen molar-refractivity contribution >= 4 is 39.0 Å². The number of halogens is 1. The van der Waals surface area contributed by atoms with Crippen molar-refractivity contribution in [3.8, 4) is 11.3 Å². The zero-order chi connectivity index (χ0) is 23.8. The van der Waals surface area contributed by atoms with E-state index in [1.807, 2.05) is 48.2 Å². The Balaban J connectivity index is 1.35. The fourth-order valence-electron chi connectivity index (χ4n) is 4.81. The Kier molecular flexibility index (Phi) is 6.32. The van der Waals surface area contributed by atoms with Crippen LogP contribution in [0.2, 0.25) is 0 Å². The molecule has 0 atom stereocenters. The van der Waals surface area contributed by atoms with Gasteiger partial charge in [-0.2, -0.15) is 0 Å². The van der Waals surface area contributed by atoms with Gasteiger partial charge in [0.1, 0.15) is 0 Å². The molecule has 0 unspecified atom stereocenters. The zero-order valence-electron chi connectivity index (χ0n) is 19.9. The standard InChI is InChI=1S/C27H30BrN5O/c1-18-15-21(7-8-22(18)24-6-4-5-19(2)29-24)30-27(34)33-10-9-20-16-23(28)26(17-25(20)33)32-13-11-31(3)12-14-32/h4-8,15-17H,9-14H2,1-3H3,(H,30,34). The van der Waals surface area contributed by atoms with Crippen molar-refractivity contribution in [2.45, 2.75) is 20.3 Å². The molecule has 6 nitrogen and oxygen atoms in total. The second-order valence-electron chi connectivity index (χ2n) is 9.25. The van der Waals surface area contributed by atoms with Crippen LogP contribution in [-0.4, -0.2) is 55.7 Å². The second-order valence-corrected chi connectivity index (χ2v) is 10.1. The van der Waals surface area contributed by atoms with E-state index in [0.29, 0.717) is 6.54 Å². The number of carbonyl (C=O) groups excluding carboxylic acids is 1. The molecule has 176 valence electrons. The lowest BCUT2D eigenvalue weighted by Crippen LogP contribution is -2.44. The smallest absolute Gasteiger partial charge is 0.326 e. The van der Waals surface area contributed by atoms with E-state index >= 15 is 0 Å². The first-order chi connectivity index (χ1) is 16.4. The SMILES string of the molecule is Cc1cccc(-c2ccc(NC(=O)N3CCc4cc(Br)c(N5CCN(C)CC5)cc43)cc2C)n1. The highest BCUT2D eigenvalue weighted by Crippen LogP contribution is 2.38. The van der Waals surface area contributed by atoms with E-state index in [2.05, 4.69) is 62.1 Å². The van der Waals surface area contributed by atoms with Crippen LogP contribution in [0.1, 0.15) is 16.8 Å². The Morgan fingerprint density at radius 1 is 0.971 bits per heavy atom. The lowest BCUT2D eigenvalue weighted by Gasteiger charge is -2.35. The number of carbonyl (C=O) groups is 1. The summed E-state index contributed by atoms with van der Waals surface area (Å²) in [6, 6.07) is 16.3. The molecule has 3 heterocycles. The molecule has 34 heavy (non-hydrogen) atoms. The molecule has 0 bridgehead atoms. The summed E-state index contributed by atoms with van der Waals surface area (Å²) < 4.78 is 1.11. The first kappa shape index (κ1) is 22.9. The second kappa shape index (κ2) is 9.39. The molecule has 2 aliphatic heterocycles. The van der Waals surface area contributed by atoms with E-state index in [1.54, 1.807) is 0 Å². The summed E-state index contributed by atoms with van der Waals surface area (Å²) in [7, 11) is 2.16. The summed E-state index contributed by atoms with van der Waals surface area (Å²) in [5.74, 6) is 0. The molecule has 0 aliphatic carbocycles. The average Bonchev–Trinajstić information content (AvgIpc) is 3.22. The maximum Gasteiger partial charge on any atom is 0.326 e. The predicted octanol–water partition coefficient (Wildman–Crippen LogP) is 5.47. The summed E-state index contributed by atoms with van der Waals surface area (Å²) in [5.41, 5.74) is 8.27. The Morgan fingerprint density at radius 2 is 1.76 bits per heavy atom. The van der Waals surface area contributed by atoms with Crippen molar-refractivity contribution in [3.63, 3.8) is 0 Å². The van der Waals surface area contributed by atoms with Gasteiger partial charge in [-0.15, -0.1) is 0 Å². The van der Waals surface area contributed by atoms with Gasteiger partial charge in [-0.3, -0.25) is 9.88 Å². The van der Waals surface area contributed by atoms with Crippen LogP contribution < -0.4 is 15.1 Å². The van der Waals surface area contributed by atoms with Crippen LogP contribution >= 0.6 is 15.9 Å². The topological polar surface area (TPSA) is 51.7 Å². The normalized spacial score (nSPS) is 16.0. The van der Waals surface area contributed by atoms with E-state index in [9.17, 15) is 4.79 Å². The monoisotopic (exact) mass is 519 g/mol. The van der Waals surface area contributed by atoms with Crippen LogP contribution in [0.5, 0.6) is 0 Å². The lowest BCUT2D eigenvalue weighted by molar-refractivity contribution is 0.257. The van der Waals surface area contributed by atoms with Gasteiger partial charge in [-0.1, -0.05) is 12.1 Å². The number of anilines is 3. The molecule has 1 N–H and O–H groups in total. The molecular weight excluding hydrogens is 490 g/mol. The number of nitrogens with zero attached hydrogens (tertiary/aromatic N) is 4. The molecular formula is C27H30BrN5O. The molecule has 0 spiro atoms. The number of aryl methyl sites for hydroxylation is 2. The highest BCUT2D eigenvalue weighted by Gasteiger charge is 2.28. The number of amides is 2. The number of pyridine rings is 1. The predicted molar refractivity (Wildman–Crippen MR) is 143 cm³/mol. The van der Waals surface area contributed by atoms with Gasteiger partial charge in [-0.25, -0.2) is 4.79 Å². The van der Waals surface area contributed by atoms with Crippen LogP contribution in [0.3, 0.4) is 0 Å². The number of urea groups is 1. The molecule has 2 amide bonds. The number of hydrogen-bond donors (Lipinski definition) is 1. The van der Waals surface area contributed by atoms with E-state index < -0.39 is 0 Å². The van der Waals surface area contributed by atoms with Crippen molar-refractivity contribution in [1.29, 1.82) is 0 Å². The highest BCUT2D eigenvalue weighted by molar-refractivity contribution is 9.10. The number of aromatic nitrogens is 1.